The van der Waals surface area contributed by atoms with E-state index in [-0.39, 0.29) is 0 Å². The van der Waals surface area contributed by atoms with E-state index in [0.717, 1.165) is 10.9 Å². The fraction of sp³-hybridized carbons (Fsp3) is 0.333. The number of rotatable bonds is 9. The number of nitrogens with zero attached hydrogens (tertiary/aromatic N) is 2. The van der Waals surface area contributed by atoms with Gasteiger partial charge in [0.15, 0.2) is 0 Å². The first kappa shape index (κ1) is 18.5. The van der Waals surface area contributed by atoms with Crippen LogP contribution in [0.15, 0.2) is 64.8 Å². The molecule has 6 heteroatoms. The molecule has 0 spiro atoms. The van der Waals surface area contributed by atoms with Crippen molar-refractivity contribution in [1.29, 1.82) is 0 Å². The molecule has 0 N–H and O–H groups in total. The van der Waals surface area contributed by atoms with Crippen LogP contribution in [0.3, 0.4) is 0 Å². The van der Waals surface area contributed by atoms with Gasteiger partial charge < -0.3 is 13.3 Å². The normalized spacial score (nSPS) is 12.0. The first-order chi connectivity index (χ1) is 11.8. The molecule has 0 unspecified atom stereocenters. The average Bonchev–Trinajstić information content (AvgIpc) is 2.62. The molecule has 24 heavy (non-hydrogen) atoms. The lowest BCUT2D eigenvalue weighted by molar-refractivity contribution is 0.0860. The Morgan fingerprint density at radius 3 is 1.83 bits per heavy atom. The maximum Gasteiger partial charge on any atom is 0.539 e. The van der Waals surface area contributed by atoms with Gasteiger partial charge in [0.05, 0.1) is 11.4 Å². The molecule has 2 rings (SSSR count). The maximum atomic E-state index is 5.98. The second-order valence-electron chi connectivity index (χ2n) is 4.91. The fourth-order valence-corrected chi connectivity index (χ4v) is 4.96. The van der Waals surface area contributed by atoms with E-state index in [1.807, 2.05) is 75.4 Å². The lowest BCUT2D eigenvalue weighted by atomic mass is 10.3. The largest absolute Gasteiger partial charge is 0.539 e. The van der Waals surface area contributed by atoms with Crippen LogP contribution in [0, 0.1) is 0 Å². The van der Waals surface area contributed by atoms with Crippen LogP contribution in [0.4, 0.5) is 11.4 Å². The van der Waals surface area contributed by atoms with Crippen molar-refractivity contribution >= 4 is 25.4 Å². The van der Waals surface area contributed by atoms with Crippen LogP contribution < -0.4 is 5.19 Å². The van der Waals surface area contributed by atoms with Crippen LogP contribution in [0.1, 0.15) is 20.8 Å². The van der Waals surface area contributed by atoms with Gasteiger partial charge in [-0.3, -0.25) is 0 Å². The van der Waals surface area contributed by atoms with Gasteiger partial charge in [0.2, 0.25) is 0 Å². The molecule has 0 saturated carbocycles. The van der Waals surface area contributed by atoms with Crippen molar-refractivity contribution in [3.05, 3.63) is 54.6 Å². The molecule has 5 nitrogen and oxygen atoms in total. The smallest absolute Gasteiger partial charge is 0.370 e. The minimum Gasteiger partial charge on any atom is -0.370 e. The Balaban J connectivity index is 2.42. The van der Waals surface area contributed by atoms with Crippen molar-refractivity contribution in [2.75, 3.05) is 19.8 Å². The van der Waals surface area contributed by atoms with Crippen LogP contribution in [-0.4, -0.2) is 28.6 Å². The molecular formula is C18H24N2O3Si. The number of hydrogen-bond acceptors (Lipinski definition) is 5. The standard InChI is InChI=1S/C18H24N2O3Si/c1-4-21-24(22-5-2,23-6-3)18-15-11-10-14-17(18)20-19-16-12-8-7-9-13-16/h7-15H,4-6H2,1-3H3. The summed E-state index contributed by atoms with van der Waals surface area (Å²) in [6, 6.07) is 17.3. The molecular weight excluding hydrogens is 320 g/mol. The van der Waals surface area contributed by atoms with Crippen molar-refractivity contribution in [3.63, 3.8) is 0 Å². The van der Waals surface area contributed by atoms with Crippen LogP contribution in [0.25, 0.3) is 0 Å². The van der Waals surface area contributed by atoms with Gasteiger partial charge >= 0.3 is 8.80 Å². The zero-order chi connectivity index (χ0) is 17.3. The molecule has 0 aliphatic heterocycles. The van der Waals surface area contributed by atoms with Crippen LogP contribution in [-0.2, 0) is 13.3 Å². The Morgan fingerprint density at radius 2 is 1.25 bits per heavy atom. The molecule has 0 bridgehead atoms. The third-order valence-electron chi connectivity index (χ3n) is 3.27. The maximum absolute atomic E-state index is 5.98. The highest BCUT2D eigenvalue weighted by atomic mass is 28.4. The first-order valence-electron chi connectivity index (χ1n) is 8.23. The first-order valence-corrected chi connectivity index (χ1v) is 9.96. The summed E-state index contributed by atoms with van der Waals surface area (Å²) in [7, 11) is -3.01. The molecule has 0 aliphatic rings. The van der Waals surface area contributed by atoms with Crippen molar-refractivity contribution in [2.45, 2.75) is 20.8 Å². The topological polar surface area (TPSA) is 52.4 Å². The molecule has 0 fully saturated rings. The molecule has 0 atom stereocenters. The van der Waals surface area contributed by atoms with Gasteiger partial charge in [0.25, 0.3) is 0 Å². The Morgan fingerprint density at radius 1 is 0.708 bits per heavy atom. The van der Waals surface area contributed by atoms with Gasteiger partial charge in [0, 0.05) is 25.0 Å². The fourth-order valence-electron chi connectivity index (χ4n) is 2.35. The van der Waals surface area contributed by atoms with Gasteiger partial charge in [-0.25, -0.2) is 0 Å². The third kappa shape index (κ3) is 4.58. The van der Waals surface area contributed by atoms with E-state index in [2.05, 4.69) is 10.2 Å². The Bertz CT molecular complexity index is 633. The van der Waals surface area contributed by atoms with Crippen LogP contribution >= 0.6 is 0 Å². The monoisotopic (exact) mass is 344 g/mol. The second-order valence-corrected chi connectivity index (χ2v) is 7.42. The minimum atomic E-state index is -3.01. The summed E-state index contributed by atoms with van der Waals surface area (Å²) in [5, 5.41) is 9.56. The summed E-state index contributed by atoms with van der Waals surface area (Å²) < 4.78 is 17.9. The van der Waals surface area contributed by atoms with Crippen molar-refractivity contribution in [1.82, 2.24) is 0 Å². The zero-order valence-electron chi connectivity index (χ0n) is 14.4. The Labute approximate surface area is 144 Å². The predicted molar refractivity (Wildman–Crippen MR) is 97.3 cm³/mol. The van der Waals surface area contributed by atoms with Gasteiger partial charge in [-0.2, -0.15) is 10.2 Å². The van der Waals surface area contributed by atoms with Gasteiger partial charge in [-0.1, -0.05) is 36.4 Å². The summed E-state index contributed by atoms with van der Waals surface area (Å²) in [6.07, 6.45) is 0. The van der Waals surface area contributed by atoms with E-state index >= 15 is 0 Å². The molecule has 0 heterocycles. The van der Waals surface area contributed by atoms with Gasteiger partial charge in [-0.05, 0) is 39.0 Å². The van der Waals surface area contributed by atoms with E-state index in [1.54, 1.807) is 0 Å². The lowest BCUT2D eigenvalue weighted by Crippen LogP contribution is -2.57. The lowest BCUT2D eigenvalue weighted by Gasteiger charge is -2.29. The number of hydrogen-bond donors (Lipinski definition) is 0. The average molecular weight is 344 g/mol. The minimum absolute atomic E-state index is 0.510. The molecule has 0 saturated heterocycles. The summed E-state index contributed by atoms with van der Waals surface area (Å²) in [4.78, 5) is 0. The number of azo groups is 1. The zero-order valence-corrected chi connectivity index (χ0v) is 15.4. The highest BCUT2D eigenvalue weighted by Crippen LogP contribution is 2.21. The summed E-state index contributed by atoms with van der Waals surface area (Å²) >= 11 is 0. The Kier molecular flexibility index (Phi) is 7.26. The molecule has 0 radical (unpaired) electrons. The van der Waals surface area contributed by atoms with E-state index in [4.69, 9.17) is 13.3 Å². The van der Waals surface area contributed by atoms with E-state index in [1.165, 1.54) is 0 Å². The SMILES string of the molecule is CCO[Si](OCC)(OCC)c1ccccc1N=Nc1ccccc1. The van der Waals surface area contributed by atoms with E-state index in [9.17, 15) is 0 Å². The quantitative estimate of drug-likeness (QED) is 0.502. The summed E-state index contributed by atoms with van der Waals surface area (Å²) in [5.41, 5.74) is 1.51. The Hall–Kier alpha value is -1.86. The molecule has 0 aliphatic carbocycles. The predicted octanol–water partition coefficient (Wildman–Crippen LogP) is 4.36. The van der Waals surface area contributed by atoms with Crippen LogP contribution in [0.2, 0.25) is 0 Å². The highest BCUT2D eigenvalue weighted by molar-refractivity contribution is 6.76. The van der Waals surface area contributed by atoms with Crippen molar-refractivity contribution in [3.8, 4) is 0 Å². The van der Waals surface area contributed by atoms with Crippen molar-refractivity contribution < 1.29 is 13.3 Å². The molecule has 0 amide bonds. The molecule has 128 valence electrons. The van der Waals surface area contributed by atoms with E-state index in [0.29, 0.717) is 25.5 Å². The second kappa shape index (κ2) is 9.44. The molecule has 0 aromatic heterocycles. The molecule has 2 aromatic rings. The molecule has 2 aromatic carbocycles. The number of benzene rings is 2. The van der Waals surface area contributed by atoms with E-state index < -0.39 is 8.80 Å². The third-order valence-corrected chi connectivity index (χ3v) is 6.36. The van der Waals surface area contributed by atoms with Crippen molar-refractivity contribution in [2.24, 2.45) is 10.2 Å². The summed E-state index contributed by atoms with van der Waals surface area (Å²) in [5.74, 6) is 0. The highest BCUT2D eigenvalue weighted by Gasteiger charge is 2.45. The van der Waals surface area contributed by atoms with Gasteiger partial charge in [-0.15, -0.1) is 0 Å². The summed E-state index contributed by atoms with van der Waals surface area (Å²) in [6.45, 7) is 7.35. The van der Waals surface area contributed by atoms with Gasteiger partial charge in [0.1, 0.15) is 0 Å². The van der Waals surface area contributed by atoms with Crippen LogP contribution in [0.5, 0.6) is 0 Å².